The van der Waals surface area contributed by atoms with Gasteiger partial charge in [0.2, 0.25) is 0 Å². The van der Waals surface area contributed by atoms with Crippen LogP contribution in [0.15, 0.2) is 17.6 Å². The van der Waals surface area contributed by atoms with Crippen LogP contribution < -0.4 is 5.32 Å². The molecule has 1 aliphatic rings. The van der Waals surface area contributed by atoms with Crippen molar-refractivity contribution in [3.05, 3.63) is 23.3 Å². The molecule has 0 amide bonds. The van der Waals surface area contributed by atoms with Crippen molar-refractivity contribution in [3.63, 3.8) is 0 Å². The number of thiazole rings is 1. The monoisotopic (exact) mass is 288 g/mol. The lowest BCUT2D eigenvalue weighted by Crippen LogP contribution is -2.07. The fourth-order valence-electron chi connectivity index (χ4n) is 2.67. The standard InChI is InChI=1S/C15H20N4S/c1-2-7-16-13-10-12(11-5-3-4-6-11)18-14(19-13)15-17-8-9-20-15/h8-11H,2-7H2,1H3,(H,16,18,19). The van der Waals surface area contributed by atoms with Gasteiger partial charge in [-0.25, -0.2) is 15.0 Å². The molecule has 0 aliphatic heterocycles. The van der Waals surface area contributed by atoms with Crippen LogP contribution in [-0.4, -0.2) is 21.5 Å². The zero-order valence-corrected chi connectivity index (χ0v) is 12.6. The SMILES string of the molecule is CCCNc1cc(C2CCCC2)nc(-c2nccs2)n1. The van der Waals surface area contributed by atoms with Gasteiger partial charge in [0.15, 0.2) is 10.8 Å². The van der Waals surface area contributed by atoms with Gasteiger partial charge in [0.25, 0.3) is 0 Å². The van der Waals surface area contributed by atoms with Crippen LogP contribution in [-0.2, 0) is 0 Å². The summed E-state index contributed by atoms with van der Waals surface area (Å²) in [6.45, 7) is 3.10. The van der Waals surface area contributed by atoms with Crippen molar-refractivity contribution in [2.75, 3.05) is 11.9 Å². The van der Waals surface area contributed by atoms with E-state index in [4.69, 9.17) is 4.98 Å². The summed E-state index contributed by atoms with van der Waals surface area (Å²) >= 11 is 1.60. The second-order valence-electron chi connectivity index (χ2n) is 5.25. The van der Waals surface area contributed by atoms with E-state index in [9.17, 15) is 0 Å². The average molecular weight is 288 g/mol. The third kappa shape index (κ3) is 2.98. The largest absolute Gasteiger partial charge is 0.370 e. The fraction of sp³-hybridized carbons (Fsp3) is 0.533. The van der Waals surface area contributed by atoms with Crippen molar-refractivity contribution in [1.82, 2.24) is 15.0 Å². The van der Waals surface area contributed by atoms with Crippen LogP contribution in [0, 0.1) is 0 Å². The first-order valence-electron chi connectivity index (χ1n) is 7.39. The molecule has 3 rings (SSSR count). The van der Waals surface area contributed by atoms with Gasteiger partial charge >= 0.3 is 0 Å². The van der Waals surface area contributed by atoms with E-state index < -0.39 is 0 Å². The van der Waals surface area contributed by atoms with Crippen LogP contribution >= 0.6 is 11.3 Å². The van der Waals surface area contributed by atoms with E-state index in [0.29, 0.717) is 5.92 Å². The third-order valence-electron chi connectivity index (χ3n) is 3.70. The first kappa shape index (κ1) is 13.5. The van der Waals surface area contributed by atoms with Crippen LogP contribution in [0.5, 0.6) is 0 Å². The van der Waals surface area contributed by atoms with E-state index in [1.165, 1.54) is 31.4 Å². The van der Waals surface area contributed by atoms with Crippen LogP contribution in [0.3, 0.4) is 0 Å². The normalized spacial score (nSPS) is 15.7. The first-order valence-corrected chi connectivity index (χ1v) is 8.27. The van der Waals surface area contributed by atoms with Crippen LogP contribution in [0.1, 0.15) is 50.6 Å². The number of nitrogens with one attached hydrogen (secondary N) is 1. The Morgan fingerprint density at radius 1 is 1.30 bits per heavy atom. The molecule has 2 heterocycles. The summed E-state index contributed by atoms with van der Waals surface area (Å²) in [6.07, 6.45) is 8.04. The maximum Gasteiger partial charge on any atom is 0.190 e. The van der Waals surface area contributed by atoms with Crippen LogP contribution in [0.4, 0.5) is 5.82 Å². The van der Waals surface area contributed by atoms with Crippen molar-refractivity contribution >= 4 is 17.2 Å². The molecule has 20 heavy (non-hydrogen) atoms. The maximum atomic E-state index is 4.76. The van der Waals surface area contributed by atoms with Gasteiger partial charge in [-0.1, -0.05) is 19.8 Å². The highest BCUT2D eigenvalue weighted by molar-refractivity contribution is 7.13. The fourth-order valence-corrected chi connectivity index (χ4v) is 3.24. The van der Waals surface area contributed by atoms with E-state index in [1.807, 2.05) is 11.6 Å². The van der Waals surface area contributed by atoms with Gasteiger partial charge in [0, 0.05) is 35.8 Å². The van der Waals surface area contributed by atoms with E-state index in [2.05, 4.69) is 28.3 Å². The second-order valence-corrected chi connectivity index (χ2v) is 6.14. The first-order chi connectivity index (χ1) is 9.86. The Morgan fingerprint density at radius 2 is 2.15 bits per heavy atom. The van der Waals surface area contributed by atoms with Gasteiger partial charge in [-0.2, -0.15) is 0 Å². The molecule has 0 radical (unpaired) electrons. The van der Waals surface area contributed by atoms with E-state index in [-0.39, 0.29) is 0 Å². The maximum absolute atomic E-state index is 4.76. The summed E-state index contributed by atoms with van der Waals surface area (Å²) in [5.41, 5.74) is 1.18. The quantitative estimate of drug-likeness (QED) is 0.900. The Hall–Kier alpha value is -1.49. The number of anilines is 1. The highest BCUT2D eigenvalue weighted by atomic mass is 32.1. The van der Waals surface area contributed by atoms with Crippen molar-refractivity contribution in [2.45, 2.75) is 44.9 Å². The van der Waals surface area contributed by atoms with Crippen molar-refractivity contribution in [3.8, 4) is 10.8 Å². The molecular formula is C15H20N4S. The average Bonchev–Trinajstić information content (AvgIpc) is 3.17. The molecule has 0 spiro atoms. The summed E-state index contributed by atoms with van der Waals surface area (Å²) in [5, 5.41) is 6.27. The number of nitrogens with zero attached hydrogens (tertiary/aromatic N) is 3. The topological polar surface area (TPSA) is 50.7 Å². The smallest absolute Gasteiger partial charge is 0.190 e. The minimum Gasteiger partial charge on any atom is -0.370 e. The highest BCUT2D eigenvalue weighted by Crippen LogP contribution is 2.34. The number of hydrogen-bond donors (Lipinski definition) is 1. The number of hydrogen-bond acceptors (Lipinski definition) is 5. The molecule has 0 bridgehead atoms. The molecule has 1 N–H and O–H groups in total. The molecule has 2 aromatic rings. The highest BCUT2D eigenvalue weighted by Gasteiger charge is 2.20. The van der Waals surface area contributed by atoms with Crippen molar-refractivity contribution < 1.29 is 0 Å². The molecule has 106 valence electrons. The second kappa shape index (κ2) is 6.31. The molecule has 1 saturated carbocycles. The molecule has 0 aromatic carbocycles. The summed E-state index contributed by atoms with van der Waals surface area (Å²) in [5.74, 6) is 2.30. The van der Waals surface area contributed by atoms with Gasteiger partial charge < -0.3 is 5.32 Å². The van der Waals surface area contributed by atoms with Crippen molar-refractivity contribution in [1.29, 1.82) is 0 Å². The van der Waals surface area contributed by atoms with E-state index >= 15 is 0 Å². The Labute approximate surface area is 123 Å². The lowest BCUT2D eigenvalue weighted by molar-refractivity contribution is 0.695. The molecule has 0 saturated heterocycles. The molecule has 5 heteroatoms. The van der Waals surface area contributed by atoms with E-state index in [0.717, 1.165) is 29.6 Å². The molecule has 4 nitrogen and oxygen atoms in total. The molecule has 1 fully saturated rings. The Morgan fingerprint density at radius 3 is 2.85 bits per heavy atom. The van der Waals surface area contributed by atoms with E-state index in [1.54, 1.807) is 11.3 Å². The van der Waals surface area contributed by atoms with Crippen LogP contribution in [0.25, 0.3) is 10.8 Å². The van der Waals surface area contributed by atoms with Gasteiger partial charge in [-0.05, 0) is 19.3 Å². The predicted molar refractivity (Wildman–Crippen MR) is 83.1 cm³/mol. The van der Waals surface area contributed by atoms with Gasteiger partial charge in [-0.15, -0.1) is 11.3 Å². The lowest BCUT2D eigenvalue weighted by Gasteiger charge is -2.12. The summed E-state index contributed by atoms with van der Waals surface area (Å²) < 4.78 is 0. The zero-order valence-electron chi connectivity index (χ0n) is 11.8. The lowest BCUT2D eigenvalue weighted by atomic mass is 10.0. The Kier molecular flexibility index (Phi) is 4.25. The summed E-state index contributed by atoms with van der Waals surface area (Å²) in [7, 11) is 0. The minimum atomic E-state index is 0.596. The number of aromatic nitrogens is 3. The van der Waals surface area contributed by atoms with Crippen LogP contribution in [0.2, 0.25) is 0 Å². The van der Waals surface area contributed by atoms with Gasteiger partial charge in [0.1, 0.15) is 5.82 Å². The molecule has 0 atom stereocenters. The van der Waals surface area contributed by atoms with Gasteiger partial charge in [0.05, 0.1) is 0 Å². The van der Waals surface area contributed by atoms with Crippen molar-refractivity contribution in [2.24, 2.45) is 0 Å². The molecule has 0 unspecified atom stereocenters. The Bertz CT molecular complexity index is 547. The Balaban J connectivity index is 1.94. The summed E-state index contributed by atoms with van der Waals surface area (Å²) in [6, 6.07) is 2.13. The summed E-state index contributed by atoms with van der Waals surface area (Å²) in [4.78, 5) is 13.7. The molecule has 2 aromatic heterocycles. The molecule has 1 aliphatic carbocycles. The number of rotatable bonds is 5. The molecular weight excluding hydrogens is 268 g/mol. The van der Waals surface area contributed by atoms with Gasteiger partial charge in [-0.3, -0.25) is 0 Å². The minimum absolute atomic E-state index is 0.596. The third-order valence-corrected chi connectivity index (χ3v) is 4.47. The predicted octanol–water partition coefficient (Wildman–Crippen LogP) is 4.08. The zero-order chi connectivity index (χ0) is 13.8.